The van der Waals surface area contributed by atoms with Crippen LogP contribution in [0.3, 0.4) is 0 Å². The molecule has 1 aromatic heterocycles. The van der Waals surface area contributed by atoms with Gasteiger partial charge in [-0.3, -0.25) is 9.69 Å². The molecule has 4 nitrogen and oxygen atoms in total. The molecular weight excluding hydrogens is 329 g/mol. The van der Waals surface area contributed by atoms with E-state index in [1.54, 1.807) is 12.1 Å². The number of nitrogens with zero attached hydrogens (tertiary/aromatic N) is 2. The minimum Gasteiger partial charge on any atom is -0.310 e. The van der Waals surface area contributed by atoms with Crippen molar-refractivity contribution in [2.24, 2.45) is 0 Å². The molecule has 0 aliphatic carbocycles. The first kappa shape index (κ1) is 17.1. The summed E-state index contributed by atoms with van der Waals surface area (Å²) in [5.41, 5.74) is 1.78. The van der Waals surface area contributed by atoms with Crippen LogP contribution in [0.5, 0.6) is 0 Å². The number of hydrogen-bond acceptors (Lipinski definition) is 3. The van der Waals surface area contributed by atoms with E-state index in [1.165, 1.54) is 6.07 Å². The zero-order chi connectivity index (χ0) is 17.5. The summed E-state index contributed by atoms with van der Waals surface area (Å²) in [5, 5.41) is 0.124. The average molecular weight is 350 g/mol. The predicted octanol–water partition coefficient (Wildman–Crippen LogP) is 3.42. The van der Waals surface area contributed by atoms with Crippen molar-refractivity contribution in [3.05, 3.63) is 62.0 Å². The van der Waals surface area contributed by atoms with Crippen molar-refractivity contribution < 1.29 is 4.39 Å². The van der Waals surface area contributed by atoms with Gasteiger partial charge in [0.1, 0.15) is 11.6 Å². The lowest BCUT2D eigenvalue weighted by Crippen LogP contribution is -2.37. The summed E-state index contributed by atoms with van der Waals surface area (Å²) >= 11 is 5.84. The van der Waals surface area contributed by atoms with E-state index in [0.29, 0.717) is 36.5 Å². The van der Waals surface area contributed by atoms with Gasteiger partial charge in [-0.05, 0) is 6.07 Å². The van der Waals surface area contributed by atoms with E-state index in [9.17, 15) is 9.18 Å². The summed E-state index contributed by atoms with van der Waals surface area (Å²) in [4.78, 5) is 22.0. The van der Waals surface area contributed by atoms with E-state index in [0.717, 1.165) is 12.2 Å². The van der Waals surface area contributed by atoms with E-state index in [1.807, 2.05) is 25.7 Å². The molecular formula is C18H21ClFN3O. The Morgan fingerprint density at radius 1 is 1.38 bits per heavy atom. The van der Waals surface area contributed by atoms with Crippen LogP contribution in [0.25, 0.3) is 0 Å². The quantitative estimate of drug-likeness (QED) is 0.903. The Bertz CT molecular complexity index is 826. The zero-order valence-electron chi connectivity index (χ0n) is 14.1. The average Bonchev–Trinajstić information content (AvgIpc) is 2.51. The number of nitrogens with one attached hydrogen (secondary N) is 1. The fourth-order valence-electron chi connectivity index (χ4n) is 2.88. The lowest BCUT2D eigenvalue weighted by molar-refractivity contribution is 0.237. The molecule has 3 rings (SSSR count). The van der Waals surface area contributed by atoms with Gasteiger partial charge in [-0.1, -0.05) is 44.5 Å². The molecule has 0 radical (unpaired) electrons. The highest BCUT2D eigenvalue weighted by Crippen LogP contribution is 2.23. The Kier molecular flexibility index (Phi) is 4.49. The summed E-state index contributed by atoms with van der Waals surface area (Å²) in [5.74, 6) is 0.320. The Morgan fingerprint density at radius 2 is 2.12 bits per heavy atom. The number of aromatic amines is 1. The number of rotatable bonds is 2. The summed E-state index contributed by atoms with van der Waals surface area (Å²) in [7, 11) is 0. The highest BCUT2D eigenvalue weighted by atomic mass is 35.5. The third-order valence-corrected chi connectivity index (χ3v) is 4.58. The monoisotopic (exact) mass is 349 g/mol. The molecule has 1 aromatic carbocycles. The van der Waals surface area contributed by atoms with Crippen LogP contribution in [0, 0.1) is 5.82 Å². The van der Waals surface area contributed by atoms with Crippen molar-refractivity contribution in [3.8, 4) is 0 Å². The normalized spacial score (nSPS) is 15.4. The fourth-order valence-corrected chi connectivity index (χ4v) is 3.08. The van der Waals surface area contributed by atoms with Crippen LogP contribution in [-0.4, -0.2) is 21.4 Å². The van der Waals surface area contributed by atoms with E-state index in [-0.39, 0.29) is 21.8 Å². The van der Waals surface area contributed by atoms with Crippen LogP contribution in [-0.2, 0) is 24.9 Å². The van der Waals surface area contributed by atoms with E-state index in [2.05, 4.69) is 9.97 Å². The molecule has 0 atom stereocenters. The first-order valence-electron chi connectivity index (χ1n) is 8.03. The van der Waals surface area contributed by atoms with Gasteiger partial charge >= 0.3 is 0 Å². The number of hydrogen-bond donors (Lipinski definition) is 1. The second-order valence-electron chi connectivity index (χ2n) is 7.26. The van der Waals surface area contributed by atoms with Crippen LogP contribution in [0.15, 0.2) is 23.0 Å². The molecule has 24 heavy (non-hydrogen) atoms. The fraction of sp³-hybridized carbons (Fsp3) is 0.444. The summed E-state index contributed by atoms with van der Waals surface area (Å²) < 4.78 is 14.1. The van der Waals surface area contributed by atoms with Crippen LogP contribution in [0.4, 0.5) is 4.39 Å². The van der Waals surface area contributed by atoms with Gasteiger partial charge < -0.3 is 4.98 Å². The van der Waals surface area contributed by atoms with Gasteiger partial charge in [-0.2, -0.15) is 0 Å². The molecule has 0 amide bonds. The molecule has 2 heterocycles. The Morgan fingerprint density at radius 3 is 2.83 bits per heavy atom. The Balaban J connectivity index is 1.85. The molecule has 0 spiro atoms. The molecule has 1 N–H and O–H groups in total. The van der Waals surface area contributed by atoms with Crippen molar-refractivity contribution in [1.82, 2.24) is 14.9 Å². The maximum atomic E-state index is 14.1. The topological polar surface area (TPSA) is 49.0 Å². The second kappa shape index (κ2) is 6.30. The first-order valence-corrected chi connectivity index (χ1v) is 8.41. The minimum atomic E-state index is -0.389. The maximum Gasteiger partial charge on any atom is 0.255 e. The van der Waals surface area contributed by atoms with Crippen LogP contribution in [0.2, 0.25) is 5.02 Å². The third kappa shape index (κ3) is 3.37. The molecule has 1 aliphatic rings. The van der Waals surface area contributed by atoms with Crippen molar-refractivity contribution in [2.45, 2.75) is 45.7 Å². The van der Waals surface area contributed by atoms with Gasteiger partial charge in [0.15, 0.2) is 0 Å². The number of H-pyrrole nitrogens is 1. The van der Waals surface area contributed by atoms with Crippen LogP contribution < -0.4 is 5.56 Å². The Hall–Kier alpha value is -1.72. The highest BCUT2D eigenvalue weighted by Gasteiger charge is 2.25. The molecule has 128 valence electrons. The summed E-state index contributed by atoms with van der Waals surface area (Å²) in [6.45, 7) is 7.69. The molecule has 0 saturated carbocycles. The predicted molar refractivity (Wildman–Crippen MR) is 92.8 cm³/mol. The van der Waals surface area contributed by atoms with Gasteiger partial charge in [-0.15, -0.1) is 0 Å². The molecule has 0 saturated heterocycles. The first-order chi connectivity index (χ1) is 11.3. The van der Waals surface area contributed by atoms with E-state index < -0.39 is 0 Å². The van der Waals surface area contributed by atoms with E-state index in [4.69, 9.17) is 11.6 Å². The van der Waals surface area contributed by atoms with Gasteiger partial charge in [0, 0.05) is 37.0 Å². The number of fused-ring (bicyclic) bond motifs is 1. The number of benzene rings is 1. The second-order valence-corrected chi connectivity index (χ2v) is 7.67. The maximum absolute atomic E-state index is 14.1. The van der Waals surface area contributed by atoms with Crippen molar-refractivity contribution in [2.75, 3.05) is 6.54 Å². The van der Waals surface area contributed by atoms with Gasteiger partial charge in [0.25, 0.3) is 5.56 Å². The third-order valence-electron chi connectivity index (χ3n) is 4.28. The van der Waals surface area contributed by atoms with Crippen molar-refractivity contribution in [3.63, 3.8) is 0 Å². The lowest BCUT2D eigenvalue weighted by atomic mass is 9.95. The molecule has 6 heteroatoms. The highest BCUT2D eigenvalue weighted by molar-refractivity contribution is 6.30. The van der Waals surface area contributed by atoms with Crippen LogP contribution in [0.1, 0.15) is 43.4 Å². The number of halogens is 2. The van der Waals surface area contributed by atoms with Crippen molar-refractivity contribution in [1.29, 1.82) is 0 Å². The molecule has 2 aromatic rings. The number of aromatic nitrogens is 2. The molecule has 0 fully saturated rings. The van der Waals surface area contributed by atoms with Gasteiger partial charge in [0.2, 0.25) is 0 Å². The van der Waals surface area contributed by atoms with E-state index >= 15 is 0 Å². The Labute approximate surface area is 145 Å². The standard InChI is InChI=1S/C18H21ClFN3O/c1-18(2,3)17-21-14-7-8-23(10-12(14)16(24)22-17)9-11-5-4-6-13(19)15(11)20/h4-6H,7-10H2,1-3H3,(H,21,22,24). The lowest BCUT2D eigenvalue weighted by Gasteiger charge is -2.29. The van der Waals surface area contributed by atoms with Gasteiger partial charge in [-0.25, -0.2) is 9.37 Å². The largest absolute Gasteiger partial charge is 0.310 e. The summed E-state index contributed by atoms with van der Waals surface area (Å²) in [6, 6.07) is 5.00. The van der Waals surface area contributed by atoms with Crippen LogP contribution >= 0.6 is 11.6 Å². The molecule has 0 bridgehead atoms. The smallest absolute Gasteiger partial charge is 0.255 e. The summed E-state index contributed by atoms with van der Waals surface area (Å²) in [6.07, 6.45) is 0.685. The molecule has 1 aliphatic heterocycles. The van der Waals surface area contributed by atoms with Crippen molar-refractivity contribution >= 4 is 11.6 Å². The molecule has 0 unspecified atom stereocenters. The SMILES string of the molecule is CC(C)(C)c1nc2c(c(=O)[nH]1)CN(Cc1cccc(Cl)c1F)CC2. The van der Waals surface area contributed by atoms with Gasteiger partial charge in [0.05, 0.1) is 16.3 Å². The zero-order valence-corrected chi connectivity index (χ0v) is 14.9. The minimum absolute atomic E-state index is 0.0961.